The first-order valence-corrected chi connectivity index (χ1v) is 16.0. The van der Waals surface area contributed by atoms with Crippen LogP contribution in [-0.4, -0.2) is 44.7 Å². The van der Waals surface area contributed by atoms with Crippen molar-refractivity contribution in [1.82, 2.24) is 24.9 Å². The van der Waals surface area contributed by atoms with E-state index in [9.17, 15) is 4.39 Å². The molecule has 1 atom stereocenters. The molecule has 1 aliphatic heterocycles. The van der Waals surface area contributed by atoms with E-state index in [1.165, 1.54) is 18.2 Å². The van der Waals surface area contributed by atoms with Crippen molar-refractivity contribution in [2.24, 2.45) is 0 Å². The van der Waals surface area contributed by atoms with Gasteiger partial charge in [0.15, 0.2) is 0 Å². The Bertz CT molecular complexity index is 2120. The highest BCUT2D eigenvalue weighted by molar-refractivity contribution is 6.30. The quantitative estimate of drug-likeness (QED) is 0.120. The standard InChI is InChI=1S/C36H29ClF3N5O5/c1-46-25-9-5-21(6-10-25)19-48-35-17-32(50-44-35)36-43-42-33(45(36)18-26-11-12-47-26)14-23-13-30(40)27(16-29(23)39)31-3-2-4-34(41-31)49-20-22-7-8-24(37)15-28(22)38/h2-10,13,15-17,26H,11-12,14,18-20H2,1H3/t26-/m0/s1. The van der Waals surface area contributed by atoms with E-state index in [1.807, 2.05) is 24.3 Å². The van der Waals surface area contributed by atoms with Crippen LogP contribution in [0.3, 0.4) is 0 Å². The third kappa shape index (κ3) is 7.43. The molecule has 14 heteroatoms. The average Bonchev–Trinajstić information content (AvgIpc) is 3.73. The smallest absolute Gasteiger partial charge is 0.255 e. The molecule has 50 heavy (non-hydrogen) atoms. The van der Waals surface area contributed by atoms with Crippen LogP contribution in [0.15, 0.2) is 83.4 Å². The summed E-state index contributed by atoms with van der Waals surface area (Å²) in [6.07, 6.45) is 0.658. The predicted octanol–water partition coefficient (Wildman–Crippen LogP) is 7.61. The topological polar surface area (TPSA) is 107 Å². The first kappa shape index (κ1) is 33.1. The lowest BCUT2D eigenvalue weighted by molar-refractivity contribution is -0.0593. The molecule has 3 aromatic heterocycles. The second kappa shape index (κ2) is 14.6. The molecular formula is C36H29ClF3N5O5. The molecule has 0 spiro atoms. The number of rotatable bonds is 13. The van der Waals surface area contributed by atoms with Gasteiger partial charge in [0.05, 0.1) is 31.5 Å². The van der Waals surface area contributed by atoms with Crippen molar-refractivity contribution in [2.75, 3.05) is 13.7 Å². The minimum Gasteiger partial charge on any atom is -0.497 e. The first-order valence-electron chi connectivity index (χ1n) is 15.6. The summed E-state index contributed by atoms with van der Waals surface area (Å²) in [5.41, 5.74) is 1.32. The van der Waals surface area contributed by atoms with Crippen LogP contribution in [-0.2, 0) is 30.9 Å². The zero-order valence-corrected chi connectivity index (χ0v) is 27.4. The molecule has 0 N–H and O–H groups in total. The van der Waals surface area contributed by atoms with Gasteiger partial charge in [-0.2, -0.15) is 0 Å². The maximum Gasteiger partial charge on any atom is 0.255 e. The van der Waals surface area contributed by atoms with Crippen molar-refractivity contribution in [3.63, 3.8) is 0 Å². The minimum absolute atomic E-state index is 0.0627. The van der Waals surface area contributed by atoms with Crippen molar-refractivity contribution in [3.05, 3.63) is 124 Å². The summed E-state index contributed by atoms with van der Waals surface area (Å²) in [5.74, 6) is 0.223. The monoisotopic (exact) mass is 703 g/mol. The van der Waals surface area contributed by atoms with E-state index in [4.69, 9.17) is 35.1 Å². The zero-order valence-electron chi connectivity index (χ0n) is 26.6. The summed E-state index contributed by atoms with van der Waals surface area (Å²) in [6.45, 7) is 1.12. The first-order chi connectivity index (χ1) is 24.3. The average molecular weight is 704 g/mol. The minimum atomic E-state index is -0.697. The Morgan fingerprint density at radius 3 is 2.42 bits per heavy atom. The number of pyridine rings is 1. The lowest BCUT2D eigenvalue weighted by Gasteiger charge is -2.27. The van der Waals surface area contributed by atoms with E-state index in [-0.39, 0.29) is 64.9 Å². The number of ether oxygens (including phenoxy) is 4. The molecule has 0 aliphatic carbocycles. The molecule has 0 unspecified atom stereocenters. The number of methoxy groups -OCH3 is 1. The summed E-state index contributed by atoms with van der Waals surface area (Å²) >= 11 is 5.82. The van der Waals surface area contributed by atoms with Gasteiger partial charge >= 0.3 is 0 Å². The van der Waals surface area contributed by atoms with E-state index < -0.39 is 17.5 Å². The lowest BCUT2D eigenvalue weighted by atomic mass is 10.0. The summed E-state index contributed by atoms with van der Waals surface area (Å²) in [6, 6.07) is 20.1. The Labute approximate surface area is 289 Å². The highest BCUT2D eigenvalue weighted by Crippen LogP contribution is 2.30. The van der Waals surface area contributed by atoms with Gasteiger partial charge in [0.2, 0.25) is 17.5 Å². The van der Waals surface area contributed by atoms with Crippen LogP contribution in [0.2, 0.25) is 5.02 Å². The molecule has 1 aliphatic rings. The molecule has 7 rings (SSSR count). The predicted molar refractivity (Wildman–Crippen MR) is 175 cm³/mol. The Kier molecular flexibility index (Phi) is 9.67. The van der Waals surface area contributed by atoms with E-state index in [0.717, 1.165) is 29.9 Å². The maximum atomic E-state index is 15.6. The fourth-order valence-corrected chi connectivity index (χ4v) is 5.47. The highest BCUT2D eigenvalue weighted by atomic mass is 35.5. The lowest BCUT2D eigenvalue weighted by Crippen LogP contribution is -2.32. The summed E-state index contributed by atoms with van der Waals surface area (Å²) in [7, 11) is 1.60. The third-order valence-electron chi connectivity index (χ3n) is 8.14. The molecule has 6 aromatic rings. The van der Waals surface area contributed by atoms with E-state index in [0.29, 0.717) is 30.6 Å². The van der Waals surface area contributed by atoms with Crippen LogP contribution in [0.25, 0.3) is 22.8 Å². The van der Waals surface area contributed by atoms with Crippen LogP contribution in [0.1, 0.15) is 28.9 Å². The molecule has 256 valence electrons. The van der Waals surface area contributed by atoms with Gasteiger partial charge < -0.3 is 28.0 Å². The maximum absolute atomic E-state index is 15.6. The normalized spacial score (nSPS) is 14.0. The van der Waals surface area contributed by atoms with E-state index >= 15 is 8.78 Å². The van der Waals surface area contributed by atoms with Gasteiger partial charge in [-0.25, -0.2) is 18.2 Å². The van der Waals surface area contributed by atoms with Gasteiger partial charge in [-0.1, -0.05) is 35.9 Å². The van der Waals surface area contributed by atoms with Crippen LogP contribution in [0.4, 0.5) is 13.2 Å². The van der Waals surface area contributed by atoms with Crippen molar-refractivity contribution < 1.29 is 36.6 Å². The van der Waals surface area contributed by atoms with E-state index in [2.05, 4.69) is 20.3 Å². The Hall–Kier alpha value is -5.40. The Morgan fingerprint density at radius 1 is 0.860 bits per heavy atom. The van der Waals surface area contributed by atoms with Crippen molar-refractivity contribution in [3.8, 4) is 40.4 Å². The Balaban J connectivity index is 1.08. The van der Waals surface area contributed by atoms with Crippen molar-refractivity contribution in [1.29, 1.82) is 0 Å². The Morgan fingerprint density at radius 2 is 1.66 bits per heavy atom. The summed E-state index contributed by atoms with van der Waals surface area (Å²) < 4.78 is 74.9. The fourth-order valence-electron chi connectivity index (χ4n) is 5.31. The van der Waals surface area contributed by atoms with Crippen LogP contribution >= 0.6 is 11.6 Å². The van der Waals surface area contributed by atoms with Crippen molar-refractivity contribution in [2.45, 2.75) is 38.7 Å². The summed E-state index contributed by atoms with van der Waals surface area (Å²) in [4.78, 5) is 4.31. The molecule has 3 aromatic carbocycles. The van der Waals surface area contributed by atoms with Crippen LogP contribution in [0.5, 0.6) is 17.5 Å². The number of nitrogens with zero attached hydrogens (tertiary/aromatic N) is 5. The van der Waals surface area contributed by atoms with Gasteiger partial charge in [-0.3, -0.25) is 0 Å². The molecule has 0 radical (unpaired) electrons. The van der Waals surface area contributed by atoms with Gasteiger partial charge in [0.25, 0.3) is 5.88 Å². The third-order valence-corrected chi connectivity index (χ3v) is 8.37. The molecular weight excluding hydrogens is 675 g/mol. The molecule has 0 saturated carbocycles. The largest absolute Gasteiger partial charge is 0.497 e. The molecule has 0 amide bonds. The SMILES string of the molecule is COc1ccc(COc2cc(-c3nnc(Cc4cc(F)c(-c5cccc(OCc6ccc(Cl)cc6F)n5)cc4F)n3C[C@@H]3CCO3)on2)cc1. The van der Waals surface area contributed by atoms with E-state index in [1.54, 1.807) is 35.9 Å². The van der Waals surface area contributed by atoms with Crippen LogP contribution < -0.4 is 14.2 Å². The summed E-state index contributed by atoms with van der Waals surface area (Å²) in [5, 5.41) is 12.9. The fraction of sp³-hybridized carbons (Fsp3) is 0.222. The number of hydrogen-bond donors (Lipinski definition) is 0. The van der Waals surface area contributed by atoms with Gasteiger partial charge in [0.1, 0.15) is 42.2 Å². The zero-order chi connectivity index (χ0) is 34.6. The van der Waals surface area contributed by atoms with Crippen LogP contribution in [0, 0.1) is 17.5 Å². The molecule has 1 saturated heterocycles. The molecule has 0 bridgehead atoms. The number of benzene rings is 3. The molecule has 1 fully saturated rings. The second-order valence-electron chi connectivity index (χ2n) is 11.5. The number of aromatic nitrogens is 5. The second-order valence-corrected chi connectivity index (χ2v) is 11.9. The molecule has 10 nitrogen and oxygen atoms in total. The molecule has 4 heterocycles. The number of hydrogen-bond acceptors (Lipinski definition) is 9. The van der Waals surface area contributed by atoms with Gasteiger partial charge in [-0.15, -0.1) is 10.2 Å². The van der Waals surface area contributed by atoms with Gasteiger partial charge in [-0.05, 0) is 65.2 Å². The van der Waals surface area contributed by atoms with Gasteiger partial charge in [0, 0.05) is 35.2 Å². The highest BCUT2D eigenvalue weighted by Gasteiger charge is 2.26. The number of halogens is 4. The van der Waals surface area contributed by atoms with Crippen molar-refractivity contribution >= 4 is 11.6 Å².